The van der Waals surface area contributed by atoms with Crippen LogP contribution in [0.15, 0.2) is 84.9 Å². The largest absolute Gasteiger partial charge is 0.326 e. The second kappa shape index (κ2) is 9.19. The van der Waals surface area contributed by atoms with Crippen LogP contribution in [0.3, 0.4) is 0 Å². The lowest BCUT2D eigenvalue weighted by Crippen LogP contribution is -2.15. The number of aromatic nitrogens is 2. The van der Waals surface area contributed by atoms with Gasteiger partial charge in [0.25, 0.3) is 5.91 Å². The quantitative estimate of drug-likeness (QED) is 0.419. The molecule has 0 bridgehead atoms. The van der Waals surface area contributed by atoms with E-state index >= 15 is 0 Å². The lowest BCUT2D eigenvalue weighted by atomic mass is 10.1. The van der Waals surface area contributed by atoms with Crippen LogP contribution >= 0.6 is 0 Å². The van der Waals surface area contributed by atoms with Crippen LogP contribution in [-0.4, -0.2) is 21.6 Å². The summed E-state index contributed by atoms with van der Waals surface area (Å²) in [6.07, 6.45) is 3.76. The predicted molar refractivity (Wildman–Crippen MR) is 135 cm³/mol. The van der Waals surface area contributed by atoms with E-state index in [1.54, 1.807) is 24.3 Å². The number of hydrogen-bond donors (Lipinski definition) is 2. The number of benzene rings is 3. The van der Waals surface area contributed by atoms with Crippen LogP contribution < -0.4 is 10.6 Å². The average molecular weight is 449 g/mol. The monoisotopic (exact) mass is 448 g/mol. The number of fused-ring (bicyclic) bond motifs is 1. The van der Waals surface area contributed by atoms with Crippen molar-refractivity contribution in [3.05, 3.63) is 107 Å². The Kier molecular flexibility index (Phi) is 5.79. The molecule has 1 aliphatic rings. The molecule has 34 heavy (non-hydrogen) atoms. The molecule has 1 aromatic heterocycles. The highest BCUT2D eigenvalue weighted by atomic mass is 16.2. The molecule has 6 heteroatoms. The number of carbonyl (C=O) groups is 2. The van der Waals surface area contributed by atoms with Crippen molar-refractivity contribution in [3.63, 3.8) is 0 Å². The second-order valence-corrected chi connectivity index (χ2v) is 8.22. The molecule has 6 nitrogen and oxygen atoms in total. The second-order valence-electron chi connectivity index (χ2n) is 8.22. The topological polar surface area (TPSA) is 76.0 Å². The Morgan fingerprint density at radius 1 is 0.853 bits per heavy atom. The van der Waals surface area contributed by atoms with Crippen molar-refractivity contribution in [1.82, 2.24) is 9.78 Å². The van der Waals surface area contributed by atoms with Crippen molar-refractivity contribution < 1.29 is 9.59 Å². The van der Waals surface area contributed by atoms with Crippen molar-refractivity contribution in [2.45, 2.75) is 19.8 Å². The molecule has 2 amide bonds. The molecule has 0 saturated heterocycles. The number of anilines is 2. The SMILES string of the molecule is CC(=O)Nc1cccc(NC(=O)c2nn(-c3ccccc3)c3c2CCC3=Cc2ccccc2)c1. The van der Waals surface area contributed by atoms with Gasteiger partial charge >= 0.3 is 0 Å². The summed E-state index contributed by atoms with van der Waals surface area (Å²) in [5.41, 5.74) is 6.74. The summed E-state index contributed by atoms with van der Waals surface area (Å²) in [4.78, 5) is 24.7. The van der Waals surface area contributed by atoms with Crippen molar-refractivity contribution in [2.24, 2.45) is 0 Å². The van der Waals surface area contributed by atoms with Gasteiger partial charge in [-0.25, -0.2) is 4.68 Å². The Morgan fingerprint density at radius 3 is 2.24 bits per heavy atom. The summed E-state index contributed by atoms with van der Waals surface area (Å²) < 4.78 is 1.87. The molecule has 5 rings (SSSR count). The molecule has 0 unspecified atom stereocenters. The summed E-state index contributed by atoms with van der Waals surface area (Å²) >= 11 is 0. The average Bonchev–Trinajstić information content (AvgIpc) is 3.41. The summed E-state index contributed by atoms with van der Waals surface area (Å²) in [5.74, 6) is -0.437. The molecule has 1 heterocycles. The van der Waals surface area contributed by atoms with Gasteiger partial charge in [0.2, 0.25) is 5.91 Å². The van der Waals surface area contributed by atoms with E-state index in [9.17, 15) is 9.59 Å². The van der Waals surface area contributed by atoms with Gasteiger partial charge in [-0.3, -0.25) is 9.59 Å². The molecule has 0 saturated carbocycles. The van der Waals surface area contributed by atoms with Crippen LogP contribution in [-0.2, 0) is 11.2 Å². The van der Waals surface area contributed by atoms with Gasteiger partial charge in [-0.05, 0) is 60.4 Å². The Labute approximate surface area is 197 Å². The third-order valence-corrected chi connectivity index (χ3v) is 5.73. The zero-order valence-electron chi connectivity index (χ0n) is 18.8. The predicted octanol–water partition coefficient (Wildman–Crippen LogP) is 5.57. The van der Waals surface area contributed by atoms with Crippen LogP contribution in [0.5, 0.6) is 0 Å². The first-order valence-corrected chi connectivity index (χ1v) is 11.2. The van der Waals surface area contributed by atoms with Crippen molar-refractivity contribution in [3.8, 4) is 5.69 Å². The fraction of sp³-hybridized carbons (Fsp3) is 0.107. The Bertz CT molecular complexity index is 1390. The number of para-hydroxylation sites is 1. The normalized spacial score (nSPS) is 13.5. The van der Waals surface area contributed by atoms with E-state index in [1.165, 1.54) is 6.92 Å². The highest BCUT2D eigenvalue weighted by molar-refractivity contribution is 6.06. The van der Waals surface area contributed by atoms with E-state index in [1.807, 2.05) is 53.2 Å². The number of carbonyl (C=O) groups excluding carboxylic acids is 2. The van der Waals surface area contributed by atoms with Gasteiger partial charge in [-0.1, -0.05) is 54.6 Å². The van der Waals surface area contributed by atoms with Crippen LogP contribution in [0, 0.1) is 0 Å². The van der Waals surface area contributed by atoms with Gasteiger partial charge in [-0.15, -0.1) is 0 Å². The first kappa shape index (κ1) is 21.4. The van der Waals surface area contributed by atoms with E-state index in [-0.39, 0.29) is 11.8 Å². The van der Waals surface area contributed by atoms with E-state index < -0.39 is 0 Å². The molecular formula is C28H24N4O2. The lowest BCUT2D eigenvalue weighted by Gasteiger charge is -2.08. The standard InChI is InChI=1S/C28H24N4O2/c1-19(33)29-22-11-8-12-23(18-22)30-28(34)26-25-16-15-21(17-20-9-4-2-5-10-20)27(25)32(31-26)24-13-6-3-7-14-24/h2-14,17-18H,15-16H2,1H3,(H,29,33)(H,30,34). The van der Waals surface area contributed by atoms with Gasteiger partial charge in [0.15, 0.2) is 5.69 Å². The molecule has 0 radical (unpaired) electrons. The Balaban J connectivity index is 1.53. The zero-order valence-corrected chi connectivity index (χ0v) is 18.8. The van der Waals surface area contributed by atoms with Crippen molar-refractivity contribution in [1.29, 1.82) is 0 Å². The van der Waals surface area contributed by atoms with Gasteiger partial charge in [0, 0.05) is 23.9 Å². The Hall–Kier alpha value is -4.45. The van der Waals surface area contributed by atoms with E-state index in [4.69, 9.17) is 5.10 Å². The minimum atomic E-state index is -0.271. The van der Waals surface area contributed by atoms with Crippen molar-refractivity contribution >= 4 is 34.8 Å². The summed E-state index contributed by atoms with van der Waals surface area (Å²) in [7, 11) is 0. The number of nitrogens with zero attached hydrogens (tertiary/aromatic N) is 2. The van der Waals surface area contributed by atoms with Gasteiger partial charge in [0.05, 0.1) is 11.4 Å². The van der Waals surface area contributed by atoms with Crippen LogP contribution in [0.2, 0.25) is 0 Å². The molecule has 0 atom stereocenters. The van der Waals surface area contributed by atoms with E-state index in [2.05, 4.69) is 28.8 Å². The lowest BCUT2D eigenvalue weighted by molar-refractivity contribution is -0.114. The molecule has 0 spiro atoms. The summed E-state index contributed by atoms with van der Waals surface area (Å²) in [5, 5.41) is 10.4. The van der Waals surface area contributed by atoms with Crippen LogP contribution in [0.1, 0.15) is 40.7 Å². The zero-order chi connectivity index (χ0) is 23.5. The van der Waals surface area contributed by atoms with Crippen molar-refractivity contribution in [2.75, 3.05) is 10.6 Å². The fourth-order valence-electron chi connectivity index (χ4n) is 4.29. The van der Waals surface area contributed by atoms with Gasteiger partial charge in [0.1, 0.15) is 0 Å². The smallest absolute Gasteiger partial charge is 0.276 e. The maximum atomic E-state index is 13.3. The molecule has 1 aliphatic carbocycles. The minimum Gasteiger partial charge on any atom is -0.326 e. The number of amides is 2. The van der Waals surface area contributed by atoms with Gasteiger partial charge in [-0.2, -0.15) is 5.10 Å². The first-order valence-electron chi connectivity index (χ1n) is 11.2. The highest BCUT2D eigenvalue weighted by Crippen LogP contribution is 2.37. The number of nitrogens with one attached hydrogen (secondary N) is 2. The molecule has 0 fully saturated rings. The molecule has 3 aromatic carbocycles. The summed E-state index contributed by atoms with van der Waals surface area (Å²) in [6, 6.07) is 27.1. The first-order chi connectivity index (χ1) is 16.6. The number of hydrogen-bond acceptors (Lipinski definition) is 3. The maximum absolute atomic E-state index is 13.3. The summed E-state index contributed by atoms with van der Waals surface area (Å²) in [6.45, 7) is 1.45. The van der Waals surface area contributed by atoms with Crippen LogP contribution in [0.4, 0.5) is 11.4 Å². The van der Waals surface area contributed by atoms with Crippen LogP contribution in [0.25, 0.3) is 17.3 Å². The highest BCUT2D eigenvalue weighted by Gasteiger charge is 2.30. The third kappa shape index (κ3) is 4.38. The van der Waals surface area contributed by atoms with E-state index in [0.29, 0.717) is 17.1 Å². The van der Waals surface area contributed by atoms with Gasteiger partial charge < -0.3 is 10.6 Å². The minimum absolute atomic E-state index is 0.166. The maximum Gasteiger partial charge on any atom is 0.276 e. The van der Waals surface area contributed by atoms with E-state index in [0.717, 1.165) is 40.9 Å². The molecule has 0 aliphatic heterocycles. The third-order valence-electron chi connectivity index (χ3n) is 5.73. The number of allylic oxidation sites excluding steroid dienone is 1. The molecular weight excluding hydrogens is 424 g/mol. The molecule has 4 aromatic rings. The fourth-order valence-corrected chi connectivity index (χ4v) is 4.29. The molecule has 168 valence electrons. The Morgan fingerprint density at radius 2 is 1.53 bits per heavy atom. The number of rotatable bonds is 5. The molecule has 2 N–H and O–H groups in total.